The molecule has 0 aliphatic heterocycles. The maximum atomic E-state index is 10.8. The number of aromatic nitrogens is 1. The first-order valence-corrected chi connectivity index (χ1v) is 5.86. The third kappa shape index (κ3) is 2.82. The summed E-state index contributed by atoms with van der Waals surface area (Å²) in [6, 6.07) is 8.90. The van der Waals surface area contributed by atoms with E-state index in [9.17, 15) is 4.79 Å². The molecule has 0 spiro atoms. The van der Waals surface area contributed by atoms with E-state index in [2.05, 4.69) is 4.98 Å². The van der Waals surface area contributed by atoms with Gasteiger partial charge in [-0.15, -0.1) is 0 Å². The molecule has 0 atom stereocenters. The van der Waals surface area contributed by atoms with Crippen LogP contribution in [0.4, 0.5) is 5.69 Å². The summed E-state index contributed by atoms with van der Waals surface area (Å²) >= 11 is 0. The zero-order chi connectivity index (χ0) is 13.8. The van der Waals surface area contributed by atoms with Crippen LogP contribution in [0.15, 0.2) is 36.5 Å². The van der Waals surface area contributed by atoms with E-state index in [1.807, 2.05) is 31.2 Å². The lowest BCUT2D eigenvalue weighted by molar-refractivity contribution is 0.0696. The van der Waals surface area contributed by atoms with Gasteiger partial charge in [0.2, 0.25) is 5.88 Å². The van der Waals surface area contributed by atoms with Crippen LogP contribution < -0.4 is 10.5 Å². The number of hydrogen-bond donors (Lipinski definition) is 2. The average molecular weight is 258 g/mol. The minimum atomic E-state index is -1.07. The fourth-order valence-corrected chi connectivity index (χ4v) is 1.67. The number of ether oxygens (including phenoxy) is 1. The Hall–Kier alpha value is -2.56. The summed E-state index contributed by atoms with van der Waals surface area (Å²) in [6.07, 6.45) is 2.05. The van der Waals surface area contributed by atoms with Crippen molar-refractivity contribution in [2.75, 3.05) is 5.73 Å². The third-order valence-corrected chi connectivity index (χ3v) is 2.69. The molecule has 0 saturated heterocycles. The molecule has 2 aromatic rings. The summed E-state index contributed by atoms with van der Waals surface area (Å²) in [5, 5.41) is 8.84. The number of carboxylic acids is 1. The van der Waals surface area contributed by atoms with Gasteiger partial charge < -0.3 is 15.6 Å². The van der Waals surface area contributed by atoms with Crippen LogP contribution in [0.1, 0.15) is 22.8 Å². The van der Waals surface area contributed by atoms with Gasteiger partial charge in [0.1, 0.15) is 5.75 Å². The zero-order valence-corrected chi connectivity index (χ0v) is 10.5. The van der Waals surface area contributed by atoms with Crippen LogP contribution in [-0.2, 0) is 6.42 Å². The SMILES string of the molecule is CCc1ccccc1Oc1ncc(C(=O)O)cc1N. The molecule has 0 aliphatic carbocycles. The van der Waals surface area contributed by atoms with E-state index in [1.165, 1.54) is 12.3 Å². The molecule has 3 N–H and O–H groups in total. The lowest BCUT2D eigenvalue weighted by atomic mass is 10.1. The number of pyridine rings is 1. The van der Waals surface area contributed by atoms with Crippen molar-refractivity contribution < 1.29 is 14.6 Å². The molecule has 0 saturated carbocycles. The van der Waals surface area contributed by atoms with Crippen LogP contribution >= 0.6 is 0 Å². The van der Waals surface area contributed by atoms with Crippen LogP contribution in [0.5, 0.6) is 11.6 Å². The fraction of sp³-hybridized carbons (Fsp3) is 0.143. The molecule has 1 aromatic carbocycles. The van der Waals surface area contributed by atoms with Crippen LogP contribution in [-0.4, -0.2) is 16.1 Å². The molecule has 1 aromatic heterocycles. The van der Waals surface area contributed by atoms with Gasteiger partial charge in [0.15, 0.2) is 0 Å². The van der Waals surface area contributed by atoms with Gasteiger partial charge in [-0.25, -0.2) is 9.78 Å². The van der Waals surface area contributed by atoms with Crippen molar-refractivity contribution in [3.63, 3.8) is 0 Å². The predicted octanol–water partition coefficient (Wildman–Crippen LogP) is 2.72. The zero-order valence-electron chi connectivity index (χ0n) is 10.5. The smallest absolute Gasteiger partial charge is 0.337 e. The van der Waals surface area contributed by atoms with E-state index in [1.54, 1.807) is 0 Å². The Labute approximate surface area is 110 Å². The molecule has 0 unspecified atom stereocenters. The van der Waals surface area contributed by atoms with Crippen molar-refractivity contribution in [3.05, 3.63) is 47.7 Å². The lowest BCUT2D eigenvalue weighted by Crippen LogP contribution is -2.02. The number of nitrogen functional groups attached to an aromatic ring is 1. The van der Waals surface area contributed by atoms with Crippen molar-refractivity contribution in [1.29, 1.82) is 0 Å². The minimum absolute atomic E-state index is 0.0358. The number of carboxylic acid groups (broad SMARTS) is 1. The first-order valence-electron chi connectivity index (χ1n) is 5.86. The number of nitrogens with two attached hydrogens (primary N) is 1. The molecule has 5 heteroatoms. The summed E-state index contributed by atoms with van der Waals surface area (Å²) in [5.74, 6) is -0.183. The summed E-state index contributed by atoms with van der Waals surface area (Å²) in [6.45, 7) is 2.02. The van der Waals surface area contributed by atoms with Crippen molar-refractivity contribution >= 4 is 11.7 Å². The molecule has 0 radical (unpaired) electrons. The molecular formula is C14H14N2O3. The Balaban J connectivity index is 2.31. The molecule has 2 rings (SSSR count). The van der Waals surface area contributed by atoms with Crippen molar-refractivity contribution in [2.24, 2.45) is 0 Å². The number of rotatable bonds is 4. The number of aromatic carboxylic acids is 1. The first-order chi connectivity index (χ1) is 9.11. The van der Waals surface area contributed by atoms with Crippen LogP contribution in [0.3, 0.4) is 0 Å². The highest BCUT2D eigenvalue weighted by molar-refractivity contribution is 5.88. The maximum Gasteiger partial charge on any atom is 0.337 e. The predicted molar refractivity (Wildman–Crippen MR) is 71.5 cm³/mol. The van der Waals surface area contributed by atoms with Crippen molar-refractivity contribution in [3.8, 4) is 11.6 Å². The average Bonchev–Trinajstić information content (AvgIpc) is 2.41. The summed E-state index contributed by atoms with van der Waals surface area (Å²) in [4.78, 5) is 14.7. The molecule has 1 heterocycles. The molecular weight excluding hydrogens is 244 g/mol. The summed E-state index contributed by atoms with van der Waals surface area (Å²) < 4.78 is 5.64. The van der Waals surface area contributed by atoms with Crippen LogP contribution in [0.2, 0.25) is 0 Å². The van der Waals surface area contributed by atoms with E-state index in [0.29, 0.717) is 5.75 Å². The highest BCUT2D eigenvalue weighted by Gasteiger charge is 2.10. The van der Waals surface area contributed by atoms with Crippen molar-refractivity contribution in [2.45, 2.75) is 13.3 Å². The van der Waals surface area contributed by atoms with E-state index >= 15 is 0 Å². The molecule has 0 aliphatic rings. The monoisotopic (exact) mass is 258 g/mol. The fourth-order valence-electron chi connectivity index (χ4n) is 1.67. The first kappa shape index (κ1) is 12.9. The molecule has 98 valence electrons. The van der Waals surface area contributed by atoms with Gasteiger partial charge in [0, 0.05) is 6.20 Å². The second-order valence-electron chi connectivity index (χ2n) is 3.99. The number of aryl methyl sites for hydroxylation is 1. The second kappa shape index (κ2) is 5.39. The van der Waals surface area contributed by atoms with Gasteiger partial charge in [0.05, 0.1) is 11.3 Å². The number of benzene rings is 1. The molecule has 19 heavy (non-hydrogen) atoms. The Morgan fingerprint density at radius 3 is 2.79 bits per heavy atom. The van der Waals surface area contributed by atoms with Gasteiger partial charge in [-0.1, -0.05) is 25.1 Å². The normalized spacial score (nSPS) is 10.2. The highest BCUT2D eigenvalue weighted by Crippen LogP contribution is 2.28. The Morgan fingerprint density at radius 1 is 1.42 bits per heavy atom. The van der Waals surface area contributed by atoms with Crippen LogP contribution in [0.25, 0.3) is 0 Å². The summed E-state index contributed by atoms with van der Waals surface area (Å²) in [7, 11) is 0. The largest absolute Gasteiger partial charge is 0.478 e. The van der Waals surface area contributed by atoms with Crippen LogP contribution in [0, 0.1) is 0 Å². The molecule has 0 bridgehead atoms. The van der Waals surface area contributed by atoms with Gasteiger partial charge >= 0.3 is 5.97 Å². The Bertz CT molecular complexity index is 611. The van der Waals surface area contributed by atoms with E-state index in [0.717, 1.165) is 12.0 Å². The maximum absolute atomic E-state index is 10.8. The number of nitrogens with zero attached hydrogens (tertiary/aromatic N) is 1. The third-order valence-electron chi connectivity index (χ3n) is 2.69. The van der Waals surface area contributed by atoms with E-state index < -0.39 is 5.97 Å². The molecule has 5 nitrogen and oxygen atoms in total. The summed E-state index contributed by atoms with van der Waals surface area (Å²) in [5.41, 5.74) is 7.02. The molecule has 0 amide bonds. The van der Waals surface area contributed by atoms with E-state index in [4.69, 9.17) is 15.6 Å². The Kier molecular flexibility index (Phi) is 3.66. The highest BCUT2D eigenvalue weighted by atomic mass is 16.5. The Morgan fingerprint density at radius 2 is 2.16 bits per heavy atom. The van der Waals surface area contributed by atoms with Gasteiger partial charge in [0.25, 0.3) is 0 Å². The topological polar surface area (TPSA) is 85.4 Å². The number of anilines is 1. The number of carbonyl (C=O) groups is 1. The van der Waals surface area contributed by atoms with Gasteiger partial charge in [-0.3, -0.25) is 0 Å². The standard InChI is InChI=1S/C14H14N2O3/c1-2-9-5-3-4-6-12(9)19-13-11(15)7-10(8-16-13)14(17)18/h3-8H,2,15H2,1H3,(H,17,18). The second-order valence-corrected chi connectivity index (χ2v) is 3.99. The minimum Gasteiger partial charge on any atom is -0.478 e. The lowest BCUT2D eigenvalue weighted by Gasteiger charge is -2.10. The van der Waals surface area contributed by atoms with E-state index in [-0.39, 0.29) is 17.1 Å². The van der Waals surface area contributed by atoms with Gasteiger partial charge in [-0.2, -0.15) is 0 Å². The quantitative estimate of drug-likeness (QED) is 0.880. The molecule has 0 fully saturated rings. The number of hydrogen-bond acceptors (Lipinski definition) is 4. The van der Waals surface area contributed by atoms with Crippen molar-refractivity contribution in [1.82, 2.24) is 4.98 Å². The van der Waals surface area contributed by atoms with Gasteiger partial charge in [-0.05, 0) is 24.1 Å². The number of para-hydroxylation sites is 1.